The number of hydrogen-bond donors (Lipinski definition) is 0. The molecule has 156 valence electrons. The second kappa shape index (κ2) is 7.28. The summed E-state index contributed by atoms with van der Waals surface area (Å²) in [5, 5.41) is 1.45. The molecule has 0 bridgehead atoms. The minimum atomic E-state index is -1.06. The van der Waals surface area contributed by atoms with E-state index in [-0.39, 0.29) is 0 Å². The SMILES string of the molecule is Cc1ccc(N2C(=O)[C@@H]3[C@@H](c4ccc(F)c(F)c4)N(c4ccccc4)O[C@H]3C2=O)cc1. The summed E-state index contributed by atoms with van der Waals surface area (Å²) >= 11 is 0. The number of para-hydroxylation sites is 1. The van der Waals surface area contributed by atoms with Gasteiger partial charge in [-0.3, -0.25) is 14.4 Å². The van der Waals surface area contributed by atoms with Crippen molar-refractivity contribution < 1.29 is 23.2 Å². The largest absolute Gasteiger partial charge is 0.273 e. The number of hydrogen-bond acceptors (Lipinski definition) is 4. The van der Waals surface area contributed by atoms with Crippen molar-refractivity contribution in [3.05, 3.63) is 95.6 Å². The summed E-state index contributed by atoms with van der Waals surface area (Å²) in [5.41, 5.74) is 2.40. The molecular formula is C24H18F2N2O3. The summed E-state index contributed by atoms with van der Waals surface area (Å²) in [5.74, 6) is -3.84. The number of aryl methyl sites for hydroxylation is 1. The summed E-state index contributed by atoms with van der Waals surface area (Å²) in [6, 6.07) is 18.6. The normalized spacial score (nSPS) is 22.9. The van der Waals surface area contributed by atoms with E-state index < -0.39 is 41.5 Å². The first-order chi connectivity index (χ1) is 15.0. The van der Waals surface area contributed by atoms with E-state index >= 15 is 0 Å². The van der Waals surface area contributed by atoms with Gasteiger partial charge in [0, 0.05) is 0 Å². The fourth-order valence-corrected chi connectivity index (χ4v) is 4.20. The van der Waals surface area contributed by atoms with Crippen LogP contribution in [0.4, 0.5) is 20.2 Å². The van der Waals surface area contributed by atoms with E-state index in [4.69, 9.17) is 4.84 Å². The van der Waals surface area contributed by atoms with Gasteiger partial charge < -0.3 is 0 Å². The number of hydroxylamine groups is 1. The van der Waals surface area contributed by atoms with Crippen molar-refractivity contribution in [2.75, 3.05) is 9.96 Å². The summed E-state index contributed by atoms with van der Waals surface area (Å²) in [6.07, 6.45) is -1.06. The van der Waals surface area contributed by atoms with Crippen molar-refractivity contribution in [1.29, 1.82) is 0 Å². The number of imide groups is 1. The zero-order chi connectivity index (χ0) is 21.7. The fraction of sp³-hybridized carbons (Fsp3) is 0.167. The highest BCUT2D eigenvalue weighted by atomic mass is 19.2. The van der Waals surface area contributed by atoms with Crippen LogP contribution in [0, 0.1) is 24.5 Å². The van der Waals surface area contributed by atoms with E-state index in [9.17, 15) is 18.4 Å². The molecule has 2 heterocycles. The molecule has 0 saturated carbocycles. The summed E-state index contributed by atoms with van der Waals surface area (Å²) in [4.78, 5) is 33.7. The summed E-state index contributed by atoms with van der Waals surface area (Å²) in [7, 11) is 0. The molecule has 3 aromatic rings. The Balaban J connectivity index is 1.60. The maximum absolute atomic E-state index is 14.1. The first kappa shape index (κ1) is 19.4. The minimum absolute atomic E-state index is 0.349. The lowest BCUT2D eigenvalue weighted by molar-refractivity contribution is -0.126. The topological polar surface area (TPSA) is 49.9 Å². The Morgan fingerprint density at radius 2 is 1.52 bits per heavy atom. The van der Waals surface area contributed by atoms with Gasteiger partial charge in [-0.1, -0.05) is 42.0 Å². The minimum Gasteiger partial charge on any atom is -0.273 e. The van der Waals surface area contributed by atoms with E-state index in [2.05, 4.69) is 0 Å². The van der Waals surface area contributed by atoms with E-state index in [0.29, 0.717) is 16.9 Å². The van der Waals surface area contributed by atoms with Gasteiger partial charge in [0.25, 0.3) is 5.91 Å². The molecule has 2 saturated heterocycles. The maximum Gasteiger partial charge on any atom is 0.266 e. The van der Waals surface area contributed by atoms with Crippen molar-refractivity contribution in [3.63, 3.8) is 0 Å². The Hall–Kier alpha value is -3.58. The predicted molar refractivity (Wildman–Crippen MR) is 110 cm³/mol. The van der Waals surface area contributed by atoms with Crippen LogP contribution in [0.5, 0.6) is 0 Å². The van der Waals surface area contributed by atoms with Crippen LogP contribution in [0.3, 0.4) is 0 Å². The number of halogens is 2. The fourth-order valence-electron chi connectivity index (χ4n) is 4.20. The number of benzene rings is 3. The van der Waals surface area contributed by atoms with Crippen LogP contribution in [0.2, 0.25) is 0 Å². The molecule has 2 aliphatic rings. The van der Waals surface area contributed by atoms with Gasteiger partial charge in [0.15, 0.2) is 17.7 Å². The van der Waals surface area contributed by atoms with E-state index in [1.165, 1.54) is 11.1 Å². The number of carbonyl (C=O) groups excluding carboxylic acids is 2. The molecule has 2 fully saturated rings. The Kier molecular flexibility index (Phi) is 4.55. The molecule has 0 aliphatic carbocycles. The lowest BCUT2D eigenvalue weighted by atomic mass is 9.90. The van der Waals surface area contributed by atoms with Crippen LogP contribution in [0.25, 0.3) is 0 Å². The average molecular weight is 420 g/mol. The zero-order valence-electron chi connectivity index (χ0n) is 16.5. The van der Waals surface area contributed by atoms with E-state index in [1.807, 2.05) is 25.1 Å². The molecule has 0 aromatic heterocycles. The highest BCUT2D eigenvalue weighted by Gasteiger charge is 2.60. The van der Waals surface area contributed by atoms with Crippen LogP contribution in [-0.2, 0) is 14.4 Å². The first-order valence-electron chi connectivity index (χ1n) is 9.86. The monoisotopic (exact) mass is 420 g/mol. The predicted octanol–water partition coefficient (Wildman–Crippen LogP) is 4.32. The standard InChI is InChI=1S/C24H18F2N2O3/c1-14-7-10-16(11-8-14)27-23(29)20-21(15-9-12-18(25)19(26)13-15)28(31-22(20)24(27)30)17-5-3-2-4-6-17/h2-13,20-22H,1H3/t20-,21-,22-/m1/s1. The van der Waals surface area contributed by atoms with Gasteiger partial charge in [-0.2, -0.15) is 0 Å². The number of fused-ring (bicyclic) bond motifs is 1. The second-order valence-electron chi connectivity index (χ2n) is 7.68. The highest BCUT2D eigenvalue weighted by Crippen LogP contribution is 2.47. The van der Waals surface area contributed by atoms with Gasteiger partial charge >= 0.3 is 0 Å². The molecule has 0 unspecified atom stereocenters. The lowest BCUT2D eigenvalue weighted by Crippen LogP contribution is -2.37. The highest BCUT2D eigenvalue weighted by molar-refractivity contribution is 6.23. The third kappa shape index (κ3) is 3.09. The van der Waals surface area contributed by atoms with Crippen LogP contribution < -0.4 is 9.96 Å². The Bertz CT molecular complexity index is 1170. The molecule has 7 heteroatoms. The van der Waals surface area contributed by atoms with Gasteiger partial charge in [-0.15, -0.1) is 0 Å². The molecule has 5 nitrogen and oxygen atoms in total. The molecule has 0 radical (unpaired) electrons. The molecule has 0 N–H and O–H groups in total. The molecule has 3 atom stereocenters. The Labute approximate surface area is 177 Å². The number of amides is 2. The second-order valence-corrected chi connectivity index (χ2v) is 7.68. The maximum atomic E-state index is 14.1. The molecule has 0 spiro atoms. The smallest absolute Gasteiger partial charge is 0.266 e. The van der Waals surface area contributed by atoms with Crippen LogP contribution >= 0.6 is 0 Å². The molecule has 5 rings (SSSR count). The van der Waals surface area contributed by atoms with Crippen LogP contribution in [0.15, 0.2) is 72.8 Å². The van der Waals surface area contributed by atoms with Gasteiger partial charge in [0.1, 0.15) is 5.92 Å². The van der Waals surface area contributed by atoms with Gasteiger partial charge in [-0.25, -0.2) is 18.7 Å². The van der Waals surface area contributed by atoms with Crippen LogP contribution in [-0.4, -0.2) is 17.9 Å². The van der Waals surface area contributed by atoms with Gasteiger partial charge in [0.2, 0.25) is 5.91 Å². The summed E-state index contributed by atoms with van der Waals surface area (Å²) < 4.78 is 27.6. The quantitative estimate of drug-likeness (QED) is 0.592. The van der Waals surface area contributed by atoms with E-state index in [0.717, 1.165) is 22.6 Å². The van der Waals surface area contributed by atoms with Crippen LogP contribution in [0.1, 0.15) is 17.2 Å². The Morgan fingerprint density at radius 3 is 2.19 bits per heavy atom. The molecule has 3 aromatic carbocycles. The number of rotatable bonds is 3. The Morgan fingerprint density at radius 1 is 0.806 bits per heavy atom. The number of anilines is 2. The van der Waals surface area contributed by atoms with Crippen molar-refractivity contribution >= 4 is 23.2 Å². The first-order valence-corrected chi connectivity index (χ1v) is 9.86. The zero-order valence-corrected chi connectivity index (χ0v) is 16.5. The van der Waals surface area contributed by atoms with E-state index in [1.54, 1.807) is 36.4 Å². The van der Waals surface area contributed by atoms with Crippen molar-refractivity contribution in [2.24, 2.45) is 5.92 Å². The molecule has 2 aliphatic heterocycles. The third-order valence-corrected chi connectivity index (χ3v) is 5.70. The summed E-state index contributed by atoms with van der Waals surface area (Å²) in [6.45, 7) is 1.91. The number of carbonyl (C=O) groups is 2. The molecule has 31 heavy (non-hydrogen) atoms. The van der Waals surface area contributed by atoms with Crippen molar-refractivity contribution in [3.8, 4) is 0 Å². The van der Waals surface area contributed by atoms with Gasteiger partial charge in [-0.05, 0) is 48.9 Å². The number of nitrogens with zero attached hydrogens (tertiary/aromatic N) is 2. The third-order valence-electron chi connectivity index (χ3n) is 5.70. The van der Waals surface area contributed by atoms with Crippen molar-refractivity contribution in [2.45, 2.75) is 19.1 Å². The van der Waals surface area contributed by atoms with Gasteiger partial charge in [0.05, 0.1) is 17.4 Å². The molecular weight excluding hydrogens is 402 g/mol. The molecule has 2 amide bonds. The lowest BCUT2D eigenvalue weighted by Gasteiger charge is -2.28. The average Bonchev–Trinajstić information content (AvgIpc) is 3.28. The van der Waals surface area contributed by atoms with Crippen molar-refractivity contribution in [1.82, 2.24) is 0 Å².